The van der Waals surface area contributed by atoms with Crippen LogP contribution in [-0.2, 0) is 31.2 Å². The van der Waals surface area contributed by atoms with Crippen molar-refractivity contribution in [3.63, 3.8) is 0 Å². The Hall–Kier alpha value is -2.96. The molecule has 48 heavy (non-hydrogen) atoms. The molecule has 0 atom stereocenters. The van der Waals surface area contributed by atoms with Crippen LogP contribution in [-0.4, -0.2) is 98.0 Å². The monoisotopic (exact) mass is 734 g/mol. The van der Waals surface area contributed by atoms with E-state index < -0.39 is 31.2 Å². The molecular weight excluding hydrogens is 693 g/mol. The van der Waals surface area contributed by atoms with Crippen LogP contribution >= 0.6 is 22.7 Å². The van der Waals surface area contributed by atoms with Crippen LogP contribution < -0.4 is 9.80 Å². The molecule has 260 valence electrons. The van der Waals surface area contributed by atoms with Gasteiger partial charge in [0.2, 0.25) is 8.68 Å². The maximum atomic E-state index is 12.5. The first-order chi connectivity index (χ1) is 22.6. The van der Waals surface area contributed by atoms with Crippen molar-refractivity contribution in [3.05, 3.63) is 82.8 Å². The summed E-state index contributed by atoms with van der Waals surface area (Å²) < 4.78 is 53.2. The van der Waals surface area contributed by atoms with Gasteiger partial charge in [0.05, 0.1) is 11.2 Å². The minimum atomic E-state index is -3.47. The molecule has 16 heteroatoms. The van der Waals surface area contributed by atoms with E-state index in [-0.39, 0.29) is 8.68 Å². The average Bonchev–Trinajstić information content (AvgIpc) is 3.81. The lowest BCUT2D eigenvalue weighted by Crippen LogP contribution is -2.48. The fourth-order valence-electron chi connectivity index (χ4n) is 5.43. The highest BCUT2D eigenvalue weighted by Gasteiger charge is 2.32. The van der Waals surface area contributed by atoms with E-state index in [0.29, 0.717) is 52.4 Å². The van der Waals surface area contributed by atoms with Crippen LogP contribution in [0, 0.1) is 0 Å². The van der Waals surface area contributed by atoms with Crippen LogP contribution in [0.2, 0.25) is 0 Å². The summed E-state index contributed by atoms with van der Waals surface area (Å²) in [6, 6.07) is 15.5. The number of sulfonamides is 2. The van der Waals surface area contributed by atoms with E-state index in [1.165, 1.54) is 21.0 Å². The van der Waals surface area contributed by atoms with Crippen molar-refractivity contribution >= 4 is 54.1 Å². The number of hydrogen-bond donors (Lipinski definition) is 2. The molecule has 0 radical (unpaired) electrons. The molecule has 2 aromatic heterocycles. The fraction of sp³-hybridized carbons (Fsp3) is 0.438. The largest absolute Gasteiger partial charge is 0.386 e. The quantitative estimate of drug-likeness (QED) is 0.274. The summed E-state index contributed by atoms with van der Waals surface area (Å²) >= 11 is 2.29. The van der Waals surface area contributed by atoms with Gasteiger partial charge in [0.15, 0.2) is 0 Å². The second kappa shape index (κ2) is 14.5. The van der Waals surface area contributed by atoms with Crippen molar-refractivity contribution in [3.8, 4) is 0 Å². The van der Waals surface area contributed by atoms with Crippen molar-refractivity contribution < 1.29 is 27.0 Å². The Morgan fingerprint density at radius 3 is 1.12 bits per heavy atom. The van der Waals surface area contributed by atoms with Crippen LogP contribution in [0.4, 0.5) is 11.4 Å². The van der Waals surface area contributed by atoms with Gasteiger partial charge in [0.1, 0.15) is 0 Å². The van der Waals surface area contributed by atoms with Gasteiger partial charge in [-0.05, 0) is 63.1 Å². The minimum absolute atomic E-state index is 0.158. The van der Waals surface area contributed by atoms with Gasteiger partial charge in [-0.2, -0.15) is 8.61 Å². The minimum Gasteiger partial charge on any atom is -0.386 e. The second-order valence-corrected chi connectivity index (χ2v) is 18.6. The molecule has 2 aromatic carbocycles. The summed E-state index contributed by atoms with van der Waals surface area (Å²) in [5.41, 5.74) is 2.06. The number of aromatic nitrogens is 2. The first kappa shape index (κ1) is 36.3. The van der Waals surface area contributed by atoms with Gasteiger partial charge < -0.3 is 20.0 Å². The summed E-state index contributed by atoms with van der Waals surface area (Å²) in [4.78, 5) is 12.2. The molecule has 4 heterocycles. The lowest BCUT2D eigenvalue weighted by atomic mass is 9.98. The molecule has 2 saturated heterocycles. The Bertz CT molecular complexity index is 1680. The molecule has 0 spiro atoms. The molecule has 12 nitrogen and oxygen atoms in total. The zero-order chi connectivity index (χ0) is 34.7. The van der Waals surface area contributed by atoms with Gasteiger partial charge in [0.25, 0.3) is 20.0 Å². The smallest absolute Gasteiger partial charge is 0.270 e. The lowest BCUT2D eigenvalue weighted by molar-refractivity contribution is 0.0780. The number of piperazine rings is 2. The zero-order valence-corrected chi connectivity index (χ0v) is 30.7. The highest BCUT2D eigenvalue weighted by atomic mass is 32.3. The molecule has 0 bridgehead atoms. The topological polar surface area (TPSA) is 147 Å². The molecule has 0 aliphatic carbocycles. The Labute approximate surface area is 291 Å². The van der Waals surface area contributed by atoms with Crippen LogP contribution in [0.3, 0.4) is 0 Å². The number of benzene rings is 2. The molecule has 2 aliphatic heterocycles. The van der Waals surface area contributed by atoms with E-state index >= 15 is 0 Å². The molecule has 0 amide bonds. The van der Waals surface area contributed by atoms with Crippen LogP contribution in [0.5, 0.6) is 0 Å². The number of rotatable bonds is 8. The van der Waals surface area contributed by atoms with Gasteiger partial charge in [-0.3, -0.25) is 0 Å². The zero-order valence-electron chi connectivity index (χ0n) is 27.4. The molecule has 2 fully saturated rings. The van der Waals surface area contributed by atoms with E-state index in [1.807, 2.05) is 48.5 Å². The average molecular weight is 735 g/mol. The van der Waals surface area contributed by atoms with Crippen molar-refractivity contribution in [2.45, 2.75) is 47.6 Å². The van der Waals surface area contributed by atoms with E-state index in [0.717, 1.165) is 45.2 Å². The summed E-state index contributed by atoms with van der Waals surface area (Å²) in [6.45, 7) is 11.3. The Morgan fingerprint density at radius 1 is 0.562 bits per heavy atom. The summed E-state index contributed by atoms with van der Waals surface area (Å²) in [7, 11) is -6.94. The molecule has 6 rings (SSSR count). The molecule has 0 saturated carbocycles. The molecule has 4 aromatic rings. The predicted molar refractivity (Wildman–Crippen MR) is 190 cm³/mol. The Kier molecular flexibility index (Phi) is 11.0. The predicted octanol–water partition coefficient (Wildman–Crippen LogP) is 3.76. The number of hydrogen-bond acceptors (Lipinski definition) is 12. The van der Waals surface area contributed by atoms with Crippen molar-refractivity contribution in [2.75, 3.05) is 62.2 Å². The standard InChI is InChI=1S/2C16H21N3O3S2/c2*1-16(2,20)13-3-5-14(6-4-13)18-8-10-19(11-9-18)24(21,22)15-17-7-12-23-15/h2*3-7,12,20H,8-11H2,1-2H3. The second-order valence-electron chi connectivity index (χ2n) is 12.6. The van der Waals surface area contributed by atoms with Crippen molar-refractivity contribution in [2.24, 2.45) is 0 Å². The normalized spacial score (nSPS) is 17.2. The molecule has 2 N–H and O–H groups in total. The van der Waals surface area contributed by atoms with Crippen molar-refractivity contribution in [1.82, 2.24) is 18.6 Å². The van der Waals surface area contributed by atoms with Gasteiger partial charge in [-0.15, -0.1) is 22.7 Å². The van der Waals surface area contributed by atoms with Crippen molar-refractivity contribution in [1.29, 1.82) is 0 Å². The Balaban J connectivity index is 0.000000188. The third-order valence-corrected chi connectivity index (χ3v) is 14.4. The first-order valence-corrected chi connectivity index (χ1v) is 20.2. The molecule has 2 aliphatic rings. The number of thiazole rings is 2. The SMILES string of the molecule is CC(C)(O)c1ccc(N2CCN(S(=O)(=O)c3nccs3)CC2)cc1.CC(C)(O)c1ccc(N2CCN(S(=O)(=O)c3nccs3)CC2)cc1. The fourth-order valence-corrected chi connectivity index (χ4v) is 10.2. The maximum absolute atomic E-state index is 12.5. The molecular formula is C32H42N6O6S4. The van der Waals surface area contributed by atoms with E-state index in [4.69, 9.17) is 0 Å². The summed E-state index contributed by atoms with van der Waals surface area (Å²) in [5.74, 6) is 0. The van der Waals surface area contributed by atoms with E-state index in [2.05, 4.69) is 19.8 Å². The van der Waals surface area contributed by atoms with Gasteiger partial charge in [-0.25, -0.2) is 26.8 Å². The maximum Gasteiger partial charge on any atom is 0.270 e. The van der Waals surface area contributed by atoms with E-state index in [9.17, 15) is 27.0 Å². The van der Waals surface area contributed by atoms with Gasteiger partial charge in [-0.1, -0.05) is 24.3 Å². The highest BCUT2D eigenvalue weighted by Crippen LogP contribution is 2.27. The number of anilines is 2. The summed E-state index contributed by atoms with van der Waals surface area (Å²) in [6.07, 6.45) is 3.02. The lowest BCUT2D eigenvalue weighted by Gasteiger charge is -2.35. The third kappa shape index (κ3) is 8.42. The van der Waals surface area contributed by atoms with E-state index in [1.54, 1.807) is 38.5 Å². The third-order valence-electron chi connectivity index (χ3n) is 8.30. The highest BCUT2D eigenvalue weighted by molar-refractivity contribution is 7.91. The van der Waals surface area contributed by atoms with Crippen LogP contribution in [0.15, 0.2) is 80.4 Å². The van der Waals surface area contributed by atoms with Gasteiger partial charge >= 0.3 is 0 Å². The Morgan fingerprint density at radius 2 is 0.875 bits per heavy atom. The first-order valence-electron chi connectivity index (χ1n) is 15.5. The van der Waals surface area contributed by atoms with Crippen LogP contribution in [0.25, 0.3) is 0 Å². The van der Waals surface area contributed by atoms with Gasteiger partial charge in [0, 0.05) is 86.9 Å². The summed E-state index contributed by atoms with van der Waals surface area (Å²) in [5, 5.41) is 23.4. The number of aliphatic hydroxyl groups is 2. The van der Waals surface area contributed by atoms with Crippen LogP contribution in [0.1, 0.15) is 38.8 Å². The number of nitrogens with zero attached hydrogens (tertiary/aromatic N) is 6. The molecule has 0 unspecified atom stereocenters.